The van der Waals surface area contributed by atoms with Gasteiger partial charge in [-0.05, 0) is 51.0 Å². The molecule has 0 aromatic heterocycles. The topological polar surface area (TPSA) is 16.4 Å². The Morgan fingerprint density at radius 1 is 1.13 bits per heavy atom. The molecule has 5 atom stereocenters. The van der Waals surface area contributed by atoms with Crippen molar-refractivity contribution in [2.45, 2.75) is 50.1 Å². The lowest BCUT2D eigenvalue weighted by Crippen LogP contribution is -2.52. The zero-order valence-electron chi connectivity index (χ0n) is 9.50. The molecule has 5 unspecified atom stereocenters. The Kier molecular flexibility index (Phi) is 2.07. The van der Waals surface area contributed by atoms with Gasteiger partial charge in [-0.1, -0.05) is 0 Å². The smallest absolute Gasteiger partial charge is 0.226 e. The highest BCUT2D eigenvalue weighted by Gasteiger charge is 2.52. The Balaban J connectivity index is 1.94. The van der Waals surface area contributed by atoms with E-state index >= 15 is 0 Å². The largest absolute Gasteiger partial charge is 0.314 e. The molecule has 4 aliphatic rings. The second-order valence-electron chi connectivity index (χ2n) is 6.04. The van der Waals surface area contributed by atoms with Crippen molar-refractivity contribution in [3.63, 3.8) is 0 Å². The SMILES string of the molecule is [C-]#[N+]C1CC2CC3CC1CC(NC)(C3)C2. The summed E-state index contributed by atoms with van der Waals surface area (Å²) in [5.74, 6) is 2.45. The van der Waals surface area contributed by atoms with E-state index in [0.29, 0.717) is 17.5 Å². The number of rotatable bonds is 1. The molecular weight excluding hydrogens is 184 g/mol. The zero-order valence-corrected chi connectivity index (χ0v) is 9.50. The van der Waals surface area contributed by atoms with E-state index in [1.54, 1.807) is 0 Å². The molecule has 4 fully saturated rings. The second kappa shape index (κ2) is 3.22. The number of fused-ring (bicyclic) bond motifs is 1. The average molecular weight is 204 g/mol. The molecule has 4 bridgehead atoms. The highest BCUT2D eigenvalue weighted by Crippen LogP contribution is 2.53. The summed E-state index contributed by atoms with van der Waals surface area (Å²) in [4.78, 5) is 3.89. The lowest BCUT2D eigenvalue weighted by atomic mass is 9.63. The molecule has 0 aromatic carbocycles. The lowest BCUT2D eigenvalue weighted by Gasteiger charge is -2.47. The van der Waals surface area contributed by atoms with E-state index in [0.717, 1.165) is 11.8 Å². The third-order valence-corrected chi connectivity index (χ3v) is 5.13. The molecular formula is C13H20N2. The average Bonchev–Trinajstić information content (AvgIpc) is 2.41. The van der Waals surface area contributed by atoms with Crippen molar-refractivity contribution < 1.29 is 0 Å². The van der Waals surface area contributed by atoms with Gasteiger partial charge in [-0.3, -0.25) is 0 Å². The van der Waals surface area contributed by atoms with Crippen LogP contribution >= 0.6 is 0 Å². The summed E-state index contributed by atoms with van der Waals surface area (Å²) < 4.78 is 0. The van der Waals surface area contributed by atoms with Gasteiger partial charge in [0.15, 0.2) is 0 Å². The van der Waals surface area contributed by atoms with Crippen LogP contribution in [0.4, 0.5) is 0 Å². The molecule has 0 heterocycles. The van der Waals surface area contributed by atoms with Gasteiger partial charge in [0.1, 0.15) is 0 Å². The minimum Gasteiger partial charge on any atom is -0.314 e. The van der Waals surface area contributed by atoms with Crippen molar-refractivity contribution in [1.82, 2.24) is 5.32 Å². The van der Waals surface area contributed by atoms with Crippen molar-refractivity contribution in [3.8, 4) is 0 Å². The Bertz CT molecular complexity index is 306. The molecule has 0 amide bonds. The van der Waals surface area contributed by atoms with Gasteiger partial charge in [0.2, 0.25) is 6.04 Å². The van der Waals surface area contributed by atoms with Crippen molar-refractivity contribution in [2.75, 3.05) is 7.05 Å². The number of hydrogen-bond donors (Lipinski definition) is 1. The quantitative estimate of drug-likeness (QED) is 0.649. The normalized spacial score (nSPS) is 52.5. The van der Waals surface area contributed by atoms with Crippen LogP contribution < -0.4 is 5.32 Å². The fourth-order valence-corrected chi connectivity index (χ4v) is 4.66. The number of nitrogens with zero attached hydrogens (tertiary/aromatic N) is 1. The van der Waals surface area contributed by atoms with Crippen molar-refractivity contribution >= 4 is 0 Å². The summed E-state index contributed by atoms with van der Waals surface area (Å²) in [5.41, 5.74) is 0.413. The van der Waals surface area contributed by atoms with E-state index in [4.69, 9.17) is 6.57 Å². The summed E-state index contributed by atoms with van der Waals surface area (Å²) in [6.07, 6.45) is 7.92. The Morgan fingerprint density at radius 3 is 2.53 bits per heavy atom. The Morgan fingerprint density at radius 2 is 1.87 bits per heavy atom. The van der Waals surface area contributed by atoms with Gasteiger partial charge in [0.25, 0.3) is 0 Å². The van der Waals surface area contributed by atoms with Gasteiger partial charge in [0.05, 0.1) is 0 Å². The van der Waals surface area contributed by atoms with E-state index in [1.165, 1.54) is 38.5 Å². The predicted molar refractivity (Wildman–Crippen MR) is 60.4 cm³/mol. The molecule has 4 aliphatic carbocycles. The molecule has 0 saturated heterocycles. The van der Waals surface area contributed by atoms with Crippen LogP contribution in [0.15, 0.2) is 0 Å². The molecule has 1 N–H and O–H groups in total. The summed E-state index contributed by atoms with van der Waals surface area (Å²) in [6, 6.07) is 0.343. The van der Waals surface area contributed by atoms with E-state index in [9.17, 15) is 0 Å². The Labute approximate surface area is 92.3 Å². The van der Waals surface area contributed by atoms with Crippen molar-refractivity contribution in [2.24, 2.45) is 17.8 Å². The maximum absolute atomic E-state index is 7.35. The molecule has 15 heavy (non-hydrogen) atoms. The van der Waals surface area contributed by atoms with E-state index in [-0.39, 0.29) is 0 Å². The van der Waals surface area contributed by atoms with Crippen molar-refractivity contribution in [1.29, 1.82) is 0 Å². The molecule has 2 nitrogen and oxygen atoms in total. The molecule has 4 saturated carbocycles. The van der Waals surface area contributed by atoms with Crippen molar-refractivity contribution in [3.05, 3.63) is 11.4 Å². The van der Waals surface area contributed by atoms with Crippen LogP contribution in [0.5, 0.6) is 0 Å². The van der Waals surface area contributed by atoms with Gasteiger partial charge in [-0.2, -0.15) is 0 Å². The fourth-order valence-electron chi connectivity index (χ4n) is 4.66. The van der Waals surface area contributed by atoms with Gasteiger partial charge in [-0.15, -0.1) is 0 Å². The van der Waals surface area contributed by atoms with Crippen LogP contribution in [0.1, 0.15) is 38.5 Å². The second-order valence-corrected chi connectivity index (χ2v) is 6.04. The summed E-state index contributed by atoms with van der Waals surface area (Å²) in [7, 11) is 2.12. The van der Waals surface area contributed by atoms with Gasteiger partial charge < -0.3 is 10.2 Å². The molecule has 2 heteroatoms. The predicted octanol–water partition coefficient (Wildman–Crippen LogP) is 2.46. The van der Waals surface area contributed by atoms with Crippen LogP contribution in [0.25, 0.3) is 4.85 Å². The van der Waals surface area contributed by atoms with Gasteiger partial charge >= 0.3 is 0 Å². The number of hydrogen-bond acceptors (Lipinski definition) is 1. The first-order valence-electron chi connectivity index (χ1n) is 6.30. The first-order chi connectivity index (χ1) is 7.24. The summed E-state index contributed by atoms with van der Waals surface area (Å²) in [6.45, 7) is 7.35. The third-order valence-electron chi connectivity index (χ3n) is 5.13. The first kappa shape index (κ1) is 9.66. The fraction of sp³-hybridized carbons (Fsp3) is 0.923. The first-order valence-corrected chi connectivity index (χ1v) is 6.30. The number of nitrogens with one attached hydrogen (secondary N) is 1. The Hall–Kier alpha value is -0.550. The summed E-state index contributed by atoms with van der Waals surface area (Å²) >= 11 is 0. The van der Waals surface area contributed by atoms with E-state index in [1.807, 2.05) is 0 Å². The third kappa shape index (κ3) is 1.40. The minimum atomic E-state index is 0.343. The van der Waals surface area contributed by atoms with Gasteiger partial charge in [0, 0.05) is 17.9 Å². The monoisotopic (exact) mass is 204 g/mol. The highest BCUT2D eigenvalue weighted by molar-refractivity contribution is 5.09. The van der Waals surface area contributed by atoms with Crippen LogP contribution in [0.3, 0.4) is 0 Å². The van der Waals surface area contributed by atoms with Crippen LogP contribution in [-0.4, -0.2) is 18.6 Å². The zero-order chi connectivity index (χ0) is 10.5. The van der Waals surface area contributed by atoms with Gasteiger partial charge in [-0.25, -0.2) is 6.57 Å². The lowest BCUT2D eigenvalue weighted by molar-refractivity contribution is 0.0791. The maximum Gasteiger partial charge on any atom is 0.226 e. The maximum atomic E-state index is 7.35. The van der Waals surface area contributed by atoms with Crippen LogP contribution in [0.2, 0.25) is 0 Å². The summed E-state index contributed by atoms with van der Waals surface area (Å²) in [5, 5.41) is 3.59. The molecule has 4 rings (SSSR count). The molecule has 0 aliphatic heterocycles. The molecule has 0 radical (unpaired) electrons. The van der Waals surface area contributed by atoms with Crippen LogP contribution in [-0.2, 0) is 0 Å². The standard InChI is InChI=1S/C13H20N2/c1-14-12-5-10-3-9-4-11(12)8-13(6-9,7-10)15-2/h9-12,15H,3-8H2,2H3. The van der Waals surface area contributed by atoms with Crippen LogP contribution in [0, 0.1) is 24.3 Å². The highest BCUT2D eigenvalue weighted by atomic mass is 15.0. The molecule has 82 valence electrons. The molecule has 0 spiro atoms. The van der Waals surface area contributed by atoms with E-state index in [2.05, 4.69) is 17.2 Å². The minimum absolute atomic E-state index is 0.343. The molecule has 0 aromatic rings. The van der Waals surface area contributed by atoms with E-state index < -0.39 is 0 Å².